The van der Waals surface area contributed by atoms with Crippen LogP contribution in [0.4, 0.5) is 0 Å². The second kappa shape index (κ2) is 11.6. The number of nitrogens with one attached hydrogen (secondary N) is 2. The van der Waals surface area contributed by atoms with Gasteiger partial charge < -0.3 is 20.1 Å². The number of guanidine groups is 1. The van der Waals surface area contributed by atoms with Gasteiger partial charge in [-0.05, 0) is 41.7 Å². The number of hydrogen-bond donors (Lipinski definition) is 2. The molecule has 3 rings (SSSR count). The summed E-state index contributed by atoms with van der Waals surface area (Å²) in [5.41, 5.74) is 5.00. The van der Waals surface area contributed by atoms with E-state index in [1.54, 1.807) is 14.2 Å². The molecule has 2 N–H and O–H groups in total. The highest BCUT2D eigenvalue weighted by molar-refractivity contribution is 5.79. The van der Waals surface area contributed by atoms with Crippen LogP contribution in [-0.2, 0) is 24.2 Å². The van der Waals surface area contributed by atoms with Crippen LogP contribution in [-0.4, -0.2) is 57.9 Å². The first-order valence-corrected chi connectivity index (χ1v) is 10.6. The van der Waals surface area contributed by atoms with Crippen molar-refractivity contribution >= 4 is 5.96 Å². The Morgan fingerprint density at radius 2 is 1.87 bits per heavy atom. The van der Waals surface area contributed by atoms with Crippen molar-refractivity contribution in [2.45, 2.75) is 26.4 Å². The van der Waals surface area contributed by atoms with Crippen LogP contribution in [0.15, 0.2) is 47.5 Å². The van der Waals surface area contributed by atoms with E-state index in [4.69, 9.17) is 9.47 Å². The topological polar surface area (TPSA) is 58.1 Å². The van der Waals surface area contributed by atoms with Crippen LogP contribution in [0, 0.1) is 6.92 Å². The Morgan fingerprint density at radius 1 is 1.07 bits per heavy atom. The van der Waals surface area contributed by atoms with E-state index in [1.165, 1.54) is 16.7 Å². The number of benzene rings is 2. The first-order chi connectivity index (χ1) is 14.7. The Balaban J connectivity index is 1.45. The Hall–Kier alpha value is -2.57. The molecule has 0 spiro atoms. The molecule has 0 amide bonds. The number of rotatable bonds is 8. The SMILES string of the molecule is CN=C(NCCc1ccc(C)c(OC)c1)NCc1cccc(CN2CCOCC2)c1. The van der Waals surface area contributed by atoms with Gasteiger partial charge >= 0.3 is 0 Å². The van der Waals surface area contributed by atoms with E-state index < -0.39 is 0 Å². The van der Waals surface area contributed by atoms with Crippen molar-refractivity contribution in [3.63, 3.8) is 0 Å². The lowest BCUT2D eigenvalue weighted by atomic mass is 10.1. The van der Waals surface area contributed by atoms with Gasteiger partial charge in [0.25, 0.3) is 0 Å². The zero-order valence-electron chi connectivity index (χ0n) is 18.4. The second-order valence-corrected chi connectivity index (χ2v) is 7.61. The largest absolute Gasteiger partial charge is 0.496 e. The molecule has 2 aromatic carbocycles. The average Bonchev–Trinajstić information content (AvgIpc) is 2.78. The molecule has 1 aliphatic heterocycles. The molecule has 0 aromatic heterocycles. The number of nitrogens with zero attached hydrogens (tertiary/aromatic N) is 2. The third kappa shape index (κ3) is 6.75. The highest BCUT2D eigenvalue weighted by Crippen LogP contribution is 2.19. The molecular formula is C24H34N4O2. The Bertz CT molecular complexity index is 832. The number of aryl methyl sites for hydroxylation is 1. The van der Waals surface area contributed by atoms with E-state index >= 15 is 0 Å². The van der Waals surface area contributed by atoms with E-state index in [1.807, 2.05) is 0 Å². The molecule has 0 saturated carbocycles. The highest BCUT2D eigenvalue weighted by Gasteiger charge is 2.10. The molecule has 1 heterocycles. The summed E-state index contributed by atoms with van der Waals surface area (Å²) in [6.45, 7) is 8.26. The maximum atomic E-state index is 5.44. The van der Waals surface area contributed by atoms with Gasteiger partial charge in [0.1, 0.15) is 5.75 Å². The summed E-state index contributed by atoms with van der Waals surface area (Å²) in [6.07, 6.45) is 0.909. The van der Waals surface area contributed by atoms with E-state index in [0.717, 1.165) is 69.6 Å². The molecule has 162 valence electrons. The van der Waals surface area contributed by atoms with Crippen molar-refractivity contribution in [1.29, 1.82) is 0 Å². The van der Waals surface area contributed by atoms with Gasteiger partial charge in [0.2, 0.25) is 0 Å². The predicted octanol–water partition coefficient (Wildman–Crippen LogP) is 2.74. The molecule has 30 heavy (non-hydrogen) atoms. The molecule has 0 radical (unpaired) electrons. The van der Waals surface area contributed by atoms with Gasteiger partial charge in [0.05, 0.1) is 20.3 Å². The third-order valence-electron chi connectivity index (χ3n) is 5.36. The average molecular weight is 411 g/mol. The number of aliphatic imine (C=N–C) groups is 1. The standard InChI is InChI=1S/C24H34N4O2/c1-19-7-8-20(16-23(19)29-3)9-10-26-24(25-2)27-17-21-5-4-6-22(15-21)18-28-11-13-30-14-12-28/h4-8,15-16H,9-14,17-18H2,1-3H3,(H2,25,26,27). The van der Waals surface area contributed by atoms with Crippen molar-refractivity contribution in [2.75, 3.05) is 47.0 Å². The normalized spacial score (nSPS) is 15.1. The van der Waals surface area contributed by atoms with Gasteiger partial charge in [0, 0.05) is 39.8 Å². The molecule has 0 unspecified atom stereocenters. The lowest BCUT2D eigenvalue weighted by Crippen LogP contribution is -2.38. The molecule has 1 aliphatic rings. The van der Waals surface area contributed by atoms with Gasteiger partial charge in [-0.25, -0.2) is 0 Å². The smallest absolute Gasteiger partial charge is 0.191 e. The van der Waals surface area contributed by atoms with Crippen LogP contribution in [0.2, 0.25) is 0 Å². The molecule has 6 heteroatoms. The van der Waals surface area contributed by atoms with Crippen LogP contribution < -0.4 is 15.4 Å². The van der Waals surface area contributed by atoms with E-state index in [-0.39, 0.29) is 0 Å². The van der Waals surface area contributed by atoms with Crippen molar-refractivity contribution < 1.29 is 9.47 Å². The monoisotopic (exact) mass is 410 g/mol. The number of hydrogen-bond acceptors (Lipinski definition) is 4. The zero-order chi connectivity index (χ0) is 21.2. The van der Waals surface area contributed by atoms with Crippen LogP contribution in [0.25, 0.3) is 0 Å². The van der Waals surface area contributed by atoms with Gasteiger partial charge in [0.15, 0.2) is 5.96 Å². The fourth-order valence-corrected chi connectivity index (χ4v) is 3.61. The fourth-order valence-electron chi connectivity index (χ4n) is 3.61. The summed E-state index contributed by atoms with van der Waals surface area (Å²) in [5.74, 6) is 1.75. The van der Waals surface area contributed by atoms with Gasteiger partial charge in [-0.15, -0.1) is 0 Å². The summed E-state index contributed by atoms with van der Waals surface area (Å²) in [7, 11) is 3.52. The number of morpholine rings is 1. The lowest BCUT2D eigenvalue weighted by Gasteiger charge is -2.26. The summed E-state index contributed by atoms with van der Waals surface area (Å²) in [4.78, 5) is 6.79. The van der Waals surface area contributed by atoms with E-state index in [9.17, 15) is 0 Å². The molecule has 0 aliphatic carbocycles. The zero-order valence-corrected chi connectivity index (χ0v) is 18.4. The lowest BCUT2D eigenvalue weighted by molar-refractivity contribution is 0.0342. The molecule has 6 nitrogen and oxygen atoms in total. The Morgan fingerprint density at radius 3 is 2.63 bits per heavy atom. The van der Waals surface area contributed by atoms with E-state index in [0.29, 0.717) is 0 Å². The van der Waals surface area contributed by atoms with Crippen LogP contribution in [0.1, 0.15) is 22.3 Å². The molecule has 0 bridgehead atoms. The minimum atomic E-state index is 0.745. The number of methoxy groups -OCH3 is 1. The molecular weight excluding hydrogens is 376 g/mol. The first-order valence-electron chi connectivity index (χ1n) is 10.6. The Labute approximate surface area is 180 Å². The molecule has 1 fully saturated rings. The minimum absolute atomic E-state index is 0.745. The fraction of sp³-hybridized carbons (Fsp3) is 0.458. The predicted molar refractivity (Wildman–Crippen MR) is 122 cm³/mol. The first kappa shape index (κ1) is 22.1. The van der Waals surface area contributed by atoms with Crippen molar-refractivity contribution in [2.24, 2.45) is 4.99 Å². The molecule has 1 saturated heterocycles. The summed E-state index contributed by atoms with van der Waals surface area (Å²) >= 11 is 0. The minimum Gasteiger partial charge on any atom is -0.496 e. The molecule has 0 atom stereocenters. The van der Waals surface area contributed by atoms with Crippen LogP contribution in [0.3, 0.4) is 0 Å². The van der Waals surface area contributed by atoms with Crippen LogP contribution in [0.5, 0.6) is 5.75 Å². The van der Waals surface area contributed by atoms with Crippen molar-refractivity contribution in [3.8, 4) is 5.75 Å². The van der Waals surface area contributed by atoms with Crippen molar-refractivity contribution in [3.05, 3.63) is 64.7 Å². The summed E-state index contributed by atoms with van der Waals surface area (Å²) < 4.78 is 10.9. The maximum absolute atomic E-state index is 5.44. The second-order valence-electron chi connectivity index (χ2n) is 7.61. The molecule has 2 aromatic rings. The van der Waals surface area contributed by atoms with Crippen molar-refractivity contribution in [1.82, 2.24) is 15.5 Å². The Kier molecular flexibility index (Phi) is 8.53. The van der Waals surface area contributed by atoms with Gasteiger partial charge in [-0.2, -0.15) is 0 Å². The quantitative estimate of drug-likeness (QED) is 0.518. The third-order valence-corrected chi connectivity index (χ3v) is 5.36. The van der Waals surface area contributed by atoms with Gasteiger partial charge in [-0.3, -0.25) is 9.89 Å². The highest BCUT2D eigenvalue weighted by atomic mass is 16.5. The van der Waals surface area contributed by atoms with Crippen LogP contribution >= 0.6 is 0 Å². The summed E-state index contributed by atoms with van der Waals surface area (Å²) in [6, 6.07) is 15.1. The number of ether oxygens (including phenoxy) is 2. The maximum Gasteiger partial charge on any atom is 0.191 e. The van der Waals surface area contributed by atoms with E-state index in [2.05, 4.69) is 69.9 Å². The van der Waals surface area contributed by atoms with Gasteiger partial charge in [-0.1, -0.05) is 36.4 Å². The summed E-state index contributed by atoms with van der Waals surface area (Å²) in [5, 5.41) is 6.81.